The van der Waals surface area contributed by atoms with Crippen LogP contribution in [0, 0.1) is 20.8 Å². The van der Waals surface area contributed by atoms with Gasteiger partial charge in [-0.3, -0.25) is 0 Å². The van der Waals surface area contributed by atoms with E-state index in [1.807, 2.05) is 75.4 Å². The first-order valence-corrected chi connectivity index (χ1v) is 11.1. The maximum absolute atomic E-state index is 12.5. The molecular weight excluding hydrogens is 371 g/mol. The Balaban J connectivity index is 2.43. The minimum absolute atomic E-state index is 0.468. The molecule has 146 valence electrons. The number of carbonyl (C=O) groups is 1. The molecule has 4 nitrogen and oxygen atoms in total. The van der Waals surface area contributed by atoms with E-state index in [-0.39, 0.29) is 0 Å². The molecule has 3 aromatic carbocycles. The number of carbonyl (C=O) groups excluding carboxylic acids is 1. The van der Waals surface area contributed by atoms with Crippen LogP contribution in [0.1, 0.15) is 23.6 Å². The molecule has 0 spiro atoms. The zero-order valence-corrected chi connectivity index (χ0v) is 17.4. The van der Waals surface area contributed by atoms with Gasteiger partial charge in [0, 0.05) is 0 Å². The molecule has 0 saturated carbocycles. The van der Waals surface area contributed by atoms with Crippen molar-refractivity contribution in [2.75, 3.05) is 0 Å². The molecule has 0 atom stereocenters. The second-order valence-electron chi connectivity index (χ2n) is 6.93. The van der Waals surface area contributed by atoms with E-state index in [1.54, 1.807) is 18.2 Å². The van der Waals surface area contributed by atoms with Crippen LogP contribution in [-0.2, 0) is 9.32 Å². The third-order valence-corrected chi connectivity index (χ3v) is 8.57. The van der Waals surface area contributed by atoms with E-state index in [0.717, 1.165) is 16.7 Å². The van der Waals surface area contributed by atoms with E-state index in [9.17, 15) is 9.69 Å². The quantitative estimate of drug-likeness (QED) is 0.646. The van der Waals surface area contributed by atoms with E-state index in [4.69, 9.17) is 9.05 Å². The molecule has 0 aliphatic rings. The first-order chi connectivity index (χ1) is 13.2. The molecule has 1 N–H and O–H groups in total. The average molecular weight is 396 g/mol. The van der Waals surface area contributed by atoms with Crippen LogP contribution in [0.4, 0.5) is 0 Å². The minimum atomic E-state index is -4.84. The van der Waals surface area contributed by atoms with E-state index >= 15 is 0 Å². The van der Waals surface area contributed by atoms with Crippen LogP contribution in [0.3, 0.4) is 0 Å². The predicted octanol–water partition coefficient (Wildman–Crippen LogP) is 4.50. The third-order valence-electron chi connectivity index (χ3n) is 4.74. The molecular formula is C23H25O4P. The Morgan fingerprint density at radius 1 is 0.750 bits per heavy atom. The summed E-state index contributed by atoms with van der Waals surface area (Å²) < 4.78 is 12.3. The average Bonchev–Trinajstić information content (AvgIpc) is 2.64. The van der Waals surface area contributed by atoms with Crippen LogP contribution in [0.15, 0.2) is 72.8 Å². The standard InChI is InChI=1S/C23H25O4P/c1-17-11-5-8-14-21(17)27-28(25,26-20(4)24,22-15-9-6-12-18(22)2)23-16-10-7-13-19(23)3/h5-16,25H,1-4H3. The van der Waals surface area contributed by atoms with Gasteiger partial charge in [-0.05, 0) is 0 Å². The number of para-hydroxylation sites is 1. The fourth-order valence-corrected chi connectivity index (χ4v) is 7.27. The van der Waals surface area contributed by atoms with E-state index in [1.165, 1.54) is 6.92 Å². The summed E-state index contributed by atoms with van der Waals surface area (Å²) in [7, 11) is -4.84. The van der Waals surface area contributed by atoms with Crippen LogP contribution < -0.4 is 15.1 Å². The van der Waals surface area contributed by atoms with Crippen molar-refractivity contribution in [1.82, 2.24) is 0 Å². The number of rotatable bonds is 5. The first kappa shape index (κ1) is 20.1. The Labute approximate surface area is 165 Å². The summed E-state index contributed by atoms with van der Waals surface area (Å²) in [4.78, 5) is 24.8. The predicted molar refractivity (Wildman–Crippen MR) is 114 cm³/mol. The van der Waals surface area contributed by atoms with E-state index in [2.05, 4.69) is 0 Å². The van der Waals surface area contributed by atoms with Gasteiger partial charge in [0.15, 0.2) is 0 Å². The molecule has 0 heterocycles. The van der Waals surface area contributed by atoms with Gasteiger partial charge in [-0.2, -0.15) is 0 Å². The zero-order chi connectivity index (χ0) is 20.4. The Kier molecular flexibility index (Phi) is 5.29. The molecule has 0 aliphatic carbocycles. The van der Waals surface area contributed by atoms with Crippen molar-refractivity contribution in [3.63, 3.8) is 0 Å². The fraction of sp³-hybridized carbons (Fsp3) is 0.174. The van der Waals surface area contributed by atoms with Gasteiger partial charge in [0.25, 0.3) is 0 Å². The van der Waals surface area contributed by atoms with E-state index in [0.29, 0.717) is 16.4 Å². The first-order valence-electron chi connectivity index (χ1n) is 9.11. The summed E-state index contributed by atoms with van der Waals surface area (Å²) in [5, 5.41) is 0.947. The molecule has 0 bridgehead atoms. The maximum atomic E-state index is 12.5. The molecule has 0 saturated heterocycles. The van der Waals surface area contributed by atoms with Crippen molar-refractivity contribution < 1.29 is 18.7 Å². The van der Waals surface area contributed by atoms with Crippen molar-refractivity contribution in [1.29, 1.82) is 0 Å². The second kappa shape index (κ2) is 7.38. The summed E-state index contributed by atoms with van der Waals surface area (Å²) in [6, 6.07) is 22.0. The number of benzene rings is 3. The van der Waals surface area contributed by atoms with Gasteiger partial charge >= 0.3 is 166 Å². The summed E-state index contributed by atoms with van der Waals surface area (Å²) >= 11 is 0. The molecule has 3 rings (SSSR count). The Morgan fingerprint density at radius 2 is 1.18 bits per heavy atom. The van der Waals surface area contributed by atoms with Crippen molar-refractivity contribution >= 4 is 23.9 Å². The van der Waals surface area contributed by atoms with Crippen molar-refractivity contribution in [2.45, 2.75) is 27.7 Å². The van der Waals surface area contributed by atoms with Gasteiger partial charge in [0.2, 0.25) is 0 Å². The molecule has 0 radical (unpaired) electrons. The molecule has 28 heavy (non-hydrogen) atoms. The topological polar surface area (TPSA) is 55.8 Å². The van der Waals surface area contributed by atoms with Gasteiger partial charge in [-0.1, -0.05) is 0 Å². The van der Waals surface area contributed by atoms with Crippen molar-refractivity contribution in [3.8, 4) is 5.75 Å². The number of hydrogen-bond donors (Lipinski definition) is 1. The Bertz CT molecular complexity index is 983. The monoisotopic (exact) mass is 396 g/mol. The van der Waals surface area contributed by atoms with Crippen LogP contribution >= 0.6 is 7.28 Å². The van der Waals surface area contributed by atoms with Crippen LogP contribution in [-0.4, -0.2) is 10.9 Å². The van der Waals surface area contributed by atoms with Gasteiger partial charge < -0.3 is 0 Å². The number of hydrogen-bond acceptors (Lipinski definition) is 4. The van der Waals surface area contributed by atoms with Crippen LogP contribution in [0.5, 0.6) is 5.75 Å². The normalized spacial score (nSPS) is 12.7. The Hall–Kier alpha value is -2.68. The molecule has 5 heteroatoms. The number of aryl methyl sites for hydroxylation is 3. The van der Waals surface area contributed by atoms with Crippen molar-refractivity contribution in [3.05, 3.63) is 89.5 Å². The van der Waals surface area contributed by atoms with E-state index < -0.39 is 13.3 Å². The molecule has 0 aliphatic heterocycles. The molecule has 0 fully saturated rings. The van der Waals surface area contributed by atoms with Gasteiger partial charge in [-0.25, -0.2) is 0 Å². The summed E-state index contributed by atoms with van der Waals surface area (Å²) in [6.07, 6.45) is 0. The van der Waals surface area contributed by atoms with Gasteiger partial charge in [0.05, 0.1) is 0 Å². The summed E-state index contributed by atoms with van der Waals surface area (Å²) in [5.74, 6) is -0.143. The molecule has 0 aromatic heterocycles. The molecule has 0 unspecified atom stereocenters. The fourth-order valence-electron chi connectivity index (χ4n) is 3.44. The third kappa shape index (κ3) is 3.42. The molecule has 3 aromatic rings. The summed E-state index contributed by atoms with van der Waals surface area (Å²) in [5.41, 5.74) is 2.39. The SMILES string of the molecule is CC(=O)OP(O)(Oc1ccccc1C)(c1ccccc1C)c1ccccc1C. The molecule has 0 amide bonds. The van der Waals surface area contributed by atoms with Gasteiger partial charge in [0.1, 0.15) is 0 Å². The zero-order valence-electron chi connectivity index (χ0n) is 16.5. The van der Waals surface area contributed by atoms with Gasteiger partial charge in [-0.15, -0.1) is 0 Å². The van der Waals surface area contributed by atoms with Crippen LogP contribution in [0.25, 0.3) is 0 Å². The second-order valence-corrected chi connectivity index (χ2v) is 10.1. The summed E-state index contributed by atoms with van der Waals surface area (Å²) in [6.45, 7) is 6.92. The Morgan fingerprint density at radius 3 is 1.61 bits per heavy atom. The van der Waals surface area contributed by atoms with Crippen LogP contribution in [0.2, 0.25) is 0 Å². The van der Waals surface area contributed by atoms with Crippen molar-refractivity contribution in [2.24, 2.45) is 0 Å².